The number of halogens is 1. The Labute approximate surface area is 195 Å². The van der Waals surface area contributed by atoms with Crippen molar-refractivity contribution in [3.63, 3.8) is 0 Å². The van der Waals surface area contributed by atoms with E-state index in [-0.39, 0.29) is 17.6 Å². The van der Waals surface area contributed by atoms with Gasteiger partial charge in [0.1, 0.15) is 11.5 Å². The van der Waals surface area contributed by atoms with Crippen molar-refractivity contribution in [2.24, 2.45) is 0 Å². The average Bonchev–Trinajstić information content (AvgIpc) is 3.43. The predicted molar refractivity (Wildman–Crippen MR) is 127 cm³/mol. The van der Waals surface area contributed by atoms with Gasteiger partial charge in [-0.25, -0.2) is 4.79 Å². The van der Waals surface area contributed by atoms with Gasteiger partial charge in [-0.05, 0) is 48.9 Å². The Morgan fingerprint density at radius 1 is 1.09 bits per heavy atom. The van der Waals surface area contributed by atoms with Crippen molar-refractivity contribution in [2.45, 2.75) is 12.5 Å². The number of carbonyl (C=O) groups excluding carboxylic acids is 1. The Bertz CT molecular complexity index is 1390. The highest BCUT2D eigenvalue weighted by Crippen LogP contribution is 2.31. The summed E-state index contributed by atoms with van der Waals surface area (Å²) in [6, 6.07) is 16.6. The van der Waals surface area contributed by atoms with E-state index in [1.54, 1.807) is 20.2 Å². The number of pyridine rings is 1. The lowest BCUT2D eigenvalue weighted by atomic mass is 10.2. The van der Waals surface area contributed by atoms with Gasteiger partial charge in [0.05, 0.1) is 34.0 Å². The number of likely N-dealkylation sites (tertiary alicyclic amines) is 1. The molecule has 33 heavy (non-hydrogen) atoms. The third-order valence-electron chi connectivity index (χ3n) is 5.82. The number of carbonyl (C=O) groups is 1. The molecule has 0 spiro atoms. The molecule has 0 N–H and O–H groups in total. The topological polar surface area (TPSA) is 69.4 Å². The predicted octanol–water partition coefficient (Wildman–Crippen LogP) is 4.59. The van der Waals surface area contributed by atoms with Crippen LogP contribution in [-0.2, 0) is 4.79 Å². The van der Waals surface area contributed by atoms with Gasteiger partial charge < -0.3 is 9.64 Å². The number of benzene rings is 2. The number of hydrogen-bond donors (Lipinski definition) is 0. The second-order valence-corrected chi connectivity index (χ2v) is 8.22. The fourth-order valence-electron chi connectivity index (χ4n) is 4.28. The summed E-state index contributed by atoms with van der Waals surface area (Å²) in [7, 11) is 0. The van der Waals surface area contributed by atoms with Crippen molar-refractivity contribution in [3.05, 3.63) is 95.2 Å². The van der Waals surface area contributed by atoms with Gasteiger partial charge in [0.25, 0.3) is 0 Å². The molecule has 5 rings (SSSR count). The van der Waals surface area contributed by atoms with E-state index in [1.807, 2.05) is 54.6 Å². The summed E-state index contributed by atoms with van der Waals surface area (Å²) in [5, 5.41) is 0.390. The summed E-state index contributed by atoms with van der Waals surface area (Å²) in [6.07, 6.45) is 5.11. The molecule has 2 aromatic carbocycles. The molecule has 1 aliphatic rings. The first kappa shape index (κ1) is 21.0. The summed E-state index contributed by atoms with van der Waals surface area (Å²) in [5.74, 6) is 1.25. The third-order valence-corrected chi connectivity index (χ3v) is 6.10. The molecule has 4 aromatic rings. The molecule has 0 saturated carbocycles. The first-order valence-corrected chi connectivity index (χ1v) is 11.0. The smallest absolute Gasteiger partial charge is 0.334 e. The number of rotatable bonds is 5. The van der Waals surface area contributed by atoms with E-state index < -0.39 is 0 Å². The van der Waals surface area contributed by atoms with Crippen LogP contribution < -0.4 is 10.4 Å². The number of nitrogens with zero attached hydrogens (tertiary/aromatic N) is 4. The van der Waals surface area contributed by atoms with E-state index >= 15 is 0 Å². The number of fused-ring (bicyclic) bond motifs is 1. The second kappa shape index (κ2) is 8.60. The van der Waals surface area contributed by atoms with E-state index in [4.69, 9.17) is 16.3 Å². The molecule has 1 fully saturated rings. The van der Waals surface area contributed by atoms with E-state index in [9.17, 15) is 9.59 Å². The molecule has 1 amide bonds. The van der Waals surface area contributed by atoms with Gasteiger partial charge in [-0.1, -0.05) is 36.4 Å². The van der Waals surface area contributed by atoms with Crippen molar-refractivity contribution in [1.29, 1.82) is 0 Å². The van der Waals surface area contributed by atoms with Gasteiger partial charge in [0.15, 0.2) is 0 Å². The van der Waals surface area contributed by atoms with Crippen LogP contribution in [0.15, 0.2) is 84.4 Å². The molecule has 0 aliphatic carbocycles. The van der Waals surface area contributed by atoms with Gasteiger partial charge >= 0.3 is 5.69 Å². The van der Waals surface area contributed by atoms with E-state index in [1.165, 1.54) is 12.3 Å². The van der Waals surface area contributed by atoms with Crippen LogP contribution in [0.4, 0.5) is 0 Å². The number of ether oxygens (including phenoxy) is 1. The SMILES string of the molecule is C=CC(=O)N1CC[C@@H](n2c(=O)n(-c3ccc(Oc4ccccc4)cc3)c3cncc(Cl)c32)C1. The quantitative estimate of drug-likeness (QED) is 0.408. The fraction of sp³-hybridized carbons (Fsp3) is 0.160. The van der Waals surface area contributed by atoms with Crippen molar-refractivity contribution < 1.29 is 9.53 Å². The van der Waals surface area contributed by atoms with Crippen molar-refractivity contribution in [3.8, 4) is 17.2 Å². The number of para-hydroxylation sites is 1. The molecule has 7 nitrogen and oxygen atoms in total. The maximum Gasteiger partial charge on any atom is 0.334 e. The Kier molecular flexibility index (Phi) is 5.48. The van der Waals surface area contributed by atoms with Crippen LogP contribution in [-0.4, -0.2) is 38.0 Å². The Hall–Kier alpha value is -3.84. The minimum absolute atomic E-state index is 0.143. The highest BCUT2D eigenvalue weighted by Gasteiger charge is 2.30. The van der Waals surface area contributed by atoms with Crippen molar-refractivity contribution in [1.82, 2.24) is 19.0 Å². The minimum atomic E-state index is -0.227. The van der Waals surface area contributed by atoms with Gasteiger partial charge in [0, 0.05) is 19.3 Å². The largest absolute Gasteiger partial charge is 0.457 e. The molecule has 1 aliphatic heterocycles. The molecule has 0 radical (unpaired) electrons. The maximum atomic E-state index is 13.6. The zero-order chi connectivity index (χ0) is 22.9. The molecule has 3 heterocycles. The van der Waals surface area contributed by atoms with Crippen LogP contribution in [0.25, 0.3) is 16.7 Å². The second-order valence-electron chi connectivity index (χ2n) is 7.82. The normalized spacial score (nSPS) is 15.7. The summed E-state index contributed by atoms with van der Waals surface area (Å²) < 4.78 is 9.15. The van der Waals surface area contributed by atoms with Gasteiger partial charge in [-0.3, -0.25) is 18.9 Å². The summed E-state index contributed by atoms with van der Waals surface area (Å²) in [6.45, 7) is 4.54. The van der Waals surface area contributed by atoms with Crippen LogP contribution in [0, 0.1) is 0 Å². The van der Waals surface area contributed by atoms with Crippen LogP contribution in [0.5, 0.6) is 11.5 Å². The first-order chi connectivity index (χ1) is 16.1. The highest BCUT2D eigenvalue weighted by molar-refractivity contribution is 6.34. The standard InChI is InChI=1S/C25H21ClN4O3/c1-2-23(31)28-13-12-18(16-28)30-24-21(26)14-27-15-22(24)29(25(30)32)17-8-10-20(11-9-17)33-19-6-4-3-5-7-19/h2-11,14-15,18H,1,12-13,16H2/t18-/m1/s1. The van der Waals surface area contributed by atoms with E-state index in [0.717, 1.165) is 5.75 Å². The van der Waals surface area contributed by atoms with Gasteiger partial charge in [0.2, 0.25) is 5.91 Å². The Balaban J connectivity index is 1.55. The lowest BCUT2D eigenvalue weighted by Crippen LogP contribution is -2.31. The fourth-order valence-corrected chi connectivity index (χ4v) is 4.53. The first-order valence-electron chi connectivity index (χ1n) is 10.6. The molecule has 0 unspecified atom stereocenters. The lowest BCUT2D eigenvalue weighted by molar-refractivity contribution is -0.125. The number of amides is 1. The number of hydrogen-bond acceptors (Lipinski definition) is 4. The Morgan fingerprint density at radius 3 is 2.55 bits per heavy atom. The van der Waals surface area contributed by atoms with Crippen LogP contribution in [0.3, 0.4) is 0 Å². The molecule has 1 atom stereocenters. The number of imidazole rings is 1. The molecule has 166 valence electrons. The number of aromatic nitrogens is 3. The highest BCUT2D eigenvalue weighted by atomic mass is 35.5. The van der Waals surface area contributed by atoms with Crippen LogP contribution in [0.1, 0.15) is 12.5 Å². The average molecular weight is 461 g/mol. The van der Waals surface area contributed by atoms with Gasteiger partial charge in [-0.15, -0.1) is 0 Å². The zero-order valence-electron chi connectivity index (χ0n) is 17.7. The summed E-state index contributed by atoms with van der Waals surface area (Å²) >= 11 is 6.50. The molecular weight excluding hydrogens is 440 g/mol. The maximum absolute atomic E-state index is 13.6. The van der Waals surface area contributed by atoms with Crippen molar-refractivity contribution in [2.75, 3.05) is 13.1 Å². The lowest BCUT2D eigenvalue weighted by Gasteiger charge is -2.15. The molecule has 8 heteroatoms. The Morgan fingerprint density at radius 2 is 1.82 bits per heavy atom. The van der Waals surface area contributed by atoms with E-state index in [2.05, 4.69) is 11.6 Å². The summed E-state index contributed by atoms with van der Waals surface area (Å²) in [5.41, 5.74) is 1.66. The third kappa shape index (κ3) is 3.81. The molecular formula is C25H21ClN4O3. The molecule has 2 aromatic heterocycles. The zero-order valence-corrected chi connectivity index (χ0v) is 18.5. The monoisotopic (exact) mass is 460 g/mol. The summed E-state index contributed by atoms with van der Waals surface area (Å²) in [4.78, 5) is 31.6. The van der Waals surface area contributed by atoms with Crippen LogP contribution >= 0.6 is 11.6 Å². The van der Waals surface area contributed by atoms with Crippen molar-refractivity contribution >= 4 is 28.5 Å². The van der Waals surface area contributed by atoms with E-state index in [0.29, 0.717) is 47.0 Å². The molecule has 0 bridgehead atoms. The van der Waals surface area contributed by atoms with Gasteiger partial charge in [-0.2, -0.15) is 0 Å². The minimum Gasteiger partial charge on any atom is -0.457 e. The molecule has 1 saturated heterocycles. The van der Waals surface area contributed by atoms with Crippen LogP contribution in [0.2, 0.25) is 5.02 Å².